The van der Waals surface area contributed by atoms with E-state index in [1.165, 1.54) is 0 Å². The fraction of sp³-hybridized carbons (Fsp3) is 0.545. The number of nitrogens with two attached hydrogens (primary N) is 1. The van der Waals surface area contributed by atoms with E-state index in [1.807, 2.05) is 0 Å². The summed E-state index contributed by atoms with van der Waals surface area (Å²) in [4.78, 5) is 11.9. The molecule has 5 heteroatoms. The molecule has 2 rings (SSSR count). The normalized spacial score (nSPS) is 25.1. The molecule has 2 unspecified atom stereocenters. The highest BCUT2D eigenvalue weighted by Crippen LogP contribution is 2.24. The number of nitrogens with zero attached hydrogens (tertiary/aromatic N) is 2. The van der Waals surface area contributed by atoms with Gasteiger partial charge in [-0.15, -0.1) is 5.10 Å². The van der Waals surface area contributed by atoms with Crippen LogP contribution in [0.15, 0.2) is 18.3 Å². The predicted octanol–water partition coefficient (Wildman–Crippen LogP) is 0.933. The molecule has 16 heavy (non-hydrogen) atoms. The second-order valence-electron chi connectivity index (χ2n) is 4.22. The Hall–Kier alpha value is -1.49. The second-order valence-corrected chi connectivity index (χ2v) is 4.22. The van der Waals surface area contributed by atoms with Crippen molar-refractivity contribution in [3.8, 4) is 0 Å². The van der Waals surface area contributed by atoms with E-state index in [9.17, 15) is 4.79 Å². The number of carbonyl (C=O) groups is 1. The number of carbonyl (C=O) groups excluding carboxylic acids is 1. The van der Waals surface area contributed by atoms with Crippen LogP contribution in [0.25, 0.3) is 0 Å². The van der Waals surface area contributed by atoms with Gasteiger partial charge in [0.2, 0.25) is 5.91 Å². The highest BCUT2D eigenvalue weighted by Gasteiger charge is 2.25. The van der Waals surface area contributed by atoms with E-state index < -0.39 is 0 Å². The van der Waals surface area contributed by atoms with Crippen LogP contribution in [0.4, 0.5) is 5.82 Å². The number of nitrogens with one attached hydrogen (secondary N) is 1. The van der Waals surface area contributed by atoms with Gasteiger partial charge >= 0.3 is 0 Å². The maximum absolute atomic E-state index is 11.9. The fourth-order valence-electron chi connectivity index (χ4n) is 2.06. The lowest BCUT2D eigenvalue weighted by Crippen LogP contribution is -2.34. The molecule has 0 radical (unpaired) electrons. The van der Waals surface area contributed by atoms with Gasteiger partial charge in [0.15, 0.2) is 5.82 Å². The van der Waals surface area contributed by atoms with Crippen LogP contribution in [0.1, 0.15) is 25.7 Å². The Morgan fingerprint density at radius 3 is 3.06 bits per heavy atom. The van der Waals surface area contributed by atoms with E-state index in [4.69, 9.17) is 5.73 Å². The first-order valence-electron chi connectivity index (χ1n) is 5.60. The van der Waals surface area contributed by atoms with Gasteiger partial charge in [-0.1, -0.05) is 6.42 Å². The molecule has 0 bridgehead atoms. The van der Waals surface area contributed by atoms with Gasteiger partial charge in [-0.2, -0.15) is 5.10 Å². The van der Waals surface area contributed by atoms with E-state index in [2.05, 4.69) is 15.5 Å². The van der Waals surface area contributed by atoms with Crippen LogP contribution in [-0.2, 0) is 4.79 Å². The monoisotopic (exact) mass is 220 g/mol. The average molecular weight is 220 g/mol. The average Bonchev–Trinajstić information content (AvgIpc) is 2.30. The zero-order chi connectivity index (χ0) is 11.4. The van der Waals surface area contributed by atoms with Gasteiger partial charge in [-0.05, 0) is 31.4 Å². The third-order valence-corrected chi connectivity index (χ3v) is 2.91. The molecule has 1 aliphatic carbocycles. The van der Waals surface area contributed by atoms with E-state index in [1.54, 1.807) is 18.3 Å². The van der Waals surface area contributed by atoms with Crippen molar-refractivity contribution >= 4 is 11.7 Å². The molecule has 1 fully saturated rings. The van der Waals surface area contributed by atoms with Crippen molar-refractivity contribution in [3.05, 3.63) is 18.3 Å². The second kappa shape index (κ2) is 5.03. The quantitative estimate of drug-likeness (QED) is 0.777. The molecular weight excluding hydrogens is 204 g/mol. The molecule has 5 nitrogen and oxygen atoms in total. The summed E-state index contributed by atoms with van der Waals surface area (Å²) < 4.78 is 0. The van der Waals surface area contributed by atoms with Gasteiger partial charge in [0.1, 0.15) is 0 Å². The Balaban J connectivity index is 1.93. The van der Waals surface area contributed by atoms with E-state index in [-0.39, 0.29) is 17.9 Å². The van der Waals surface area contributed by atoms with Gasteiger partial charge in [0.05, 0.1) is 0 Å². The zero-order valence-electron chi connectivity index (χ0n) is 9.10. The van der Waals surface area contributed by atoms with Gasteiger partial charge in [-0.25, -0.2) is 0 Å². The summed E-state index contributed by atoms with van der Waals surface area (Å²) in [6.45, 7) is 0. The highest BCUT2D eigenvalue weighted by atomic mass is 16.1. The summed E-state index contributed by atoms with van der Waals surface area (Å²) in [5.41, 5.74) is 5.85. The minimum absolute atomic E-state index is 0.00986. The van der Waals surface area contributed by atoms with Gasteiger partial charge in [0, 0.05) is 18.2 Å². The van der Waals surface area contributed by atoms with Crippen LogP contribution in [0.3, 0.4) is 0 Å². The molecular formula is C11H16N4O. The Bertz CT molecular complexity index is 354. The van der Waals surface area contributed by atoms with Crippen LogP contribution in [0, 0.1) is 5.92 Å². The maximum atomic E-state index is 11.9. The molecule has 1 saturated carbocycles. The molecule has 2 atom stereocenters. The van der Waals surface area contributed by atoms with E-state index in [0.29, 0.717) is 5.82 Å². The van der Waals surface area contributed by atoms with Crippen molar-refractivity contribution in [3.63, 3.8) is 0 Å². The molecule has 1 heterocycles. The number of aromatic nitrogens is 2. The first-order chi connectivity index (χ1) is 7.75. The number of hydrogen-bond acceptors (Lipinski definition) is 4. The van der Waals surface area contributed by atoms with Crippen molar-refractivity contribution in [2.24, 2.45) is 11.7 Å². The number of hydrogen-bond donors (Lipinski definition) is 2. The van der Waals surface area contributed by atoms with Crippen molar-refractivity contribution in [1.29, 1.82) is 0 Å². The van der Waals surface area contributed by atoms with E-state index in [0.717, 1.165) is 25.7 Å². The summed E-state index contributed by atoms with van der Waals surface area (Å²) in [5.74, 6) is 0.535. The van der Waals surface area contributed by atoms with Crippen LogP contribution < -0.4 is 11.1 Å². The van der Waals surface area contributed by atoms with Crippen LogP contribution >= 0.6 is 0 Å². The molecule has 1 aromatic rings. The Morgan fingerprint density at radius 2 is 2.38 bits per heavy atom. The number of amides is 1. The smallest absolute Gasteiger partial charge is 0.228 e. The molecule has 0 aliphatic heterocycles. The van der Waals surface area contributed by atoms with Crippen molar-refractivity contribution in [2.75, 3.05) is 5.32 Å². The number of anilines is 1. The van der Waals surface area contributed by atoms with Crippen molar-refractivity contribution < 1.29 is 4.79 Å². The molecule has 0 aromatic carbocycles. The minimum Gasteiger partial charge on any atom is -0.328 e. The lowest BCUT2D eigenvalue weighted by Gasteiger charge is -2.25. The third-order valence-electron chi connectivity index (χ3n) is 2.91. The molecule has 1 aliphatic rings. The Morgan fingerprint density at radius 1 is 1.50 bits per heavy atom. The zero-order valence-corrected chi connectivity index (χ0v) is 9.10. The molecule has 0 saturated heterocycles. The summed E-state index contributed by atoms with van der Waals surface area (Å²) in [7, 11) is 0. The highest BCUT2D eigenvalue weighted by molar-refractivity contribution is 5.91. The summed E-state index contributed by atoms with van der Waals surface area (Å²) in [6, 6.07) is 3.63. The summed E-state index contributed by atoms with van der Waals surface area (Å²) in [6.07, 6.45) is 5.31. The topological polar surface area (TPSA) is 80.9 Å². The molecule has 86 valence electrons. The van der Waals surface area contributed by atoms with Crippen LogP contribution in [-0.4, -0.2) is 22.1 Å². The molecule has 1 amide bonds. The van der Waals surface area contributed by atoms with E-state index >= 15 is 0 Å². The standard InChI is InChI=1S/C11H16N4O/c12-9-4-1-3-8(7-9)11(16)14-10-5-2-6-13-15-10/h2,5-6,8-9H,1,3-4,7,12H2,(H,14,15,16). The molecule has 0 spiro atoms. The van der Waals surface area contributed by atoms with Crippen LogP contribution in [0.5, 0.6) is 0 Å². The van der Waals surface area contributed by atoms with Crippen molar-refractivity contribution in [1.82, 2.24) is 10.2 Å². The van der Waals surface area contributed by atoms with Gasteiger partial charge in [-0.3, -0.25) is 4.79 Å². The lowest BCUT2D eigenvalue weighted by atomic mass is 9.85. The summed E-state index contributed by atoms with van der Waals surface area (Å²) >= 11 is 0. The Labute approximate surface area is 94.4 Å². The Kier molecular flexibility index (Phi) is 3.46. The first kappa shape index (κ1) is 11.0. The lowest BCUT2D eigenvalue weighted by molar-refractivity contribution is -0.120. The maximum Gasteiger partial charge on any atom is 0.228 e. The minimum atomic E-state index is 0.00986. The fourth-order valence-corrected chi connectivity index (χ4v) is 2.06. The van der Waals surface area contributed by atoms with Crippen molar-refractivity contribution in [2.45, 2.75) is 31.7 Å². The molecule has 1 aromatic heterocycles. The molecule has 3 N–H and O–H groups in total. The SMILES string of the molecule is NC1CCCC(C(=O)Nc2cccnn2)C1. The summed E-state index contributed by atoms with van der Waals surface area (Å²) in [5, 5.41) is 10.3. The number of rotatable bonds is 2. The third kappa shape index (κ3) is 2.76. The predicted molar refractivity (Wildman–Crippen MR) is 60.6 cm³/mol. The van der Waals surface area contributed by atoms with Gasteiger partial charge in [0.25, 0.3) is 0 Å². The van der Waals surface area contributed by atoms with Crippen LogP contribution in [0.2, 0.25) is 0 Å². The first-order valence-corrected chi connectivity index (χ1v) is 5.60. The largest absolute Gasteiger partial charge is 0.328 e. The van der Waals surface area contributed by atoms with Gasteiger partial charge < -0.3 is 11.1 Å².